The Kier molecular flexibility index (Phi) is 6.46. The van der Waals surface area contributed by atoms with Crippen LogP contribution in [0.2, 0.25) is 0 Å². The molecule has 1 aliphatic rings. The number of nitrogens with one attached hydrogen (secondary N) is 1. The Hall–Kier alpha value is -3.32. The van der Waals surface area contributed by atoms with Gasteiger partial charge in [0.15, 0.2) is 5.69 Å². The number of aromatic nitrogens is 5. The summed E-state index contributed by atoms with van der Waals surface area (Å²) in [6.45, 7) is 3.45. The predicted molar refractivity (Wildman–Crippen MR) is 118 cm³/mol. The maximum absolute atomic E-state index is 12.9. The van der Waals surface area contributed by atoms with E-state index >= 15 is 0 Å². The molecule has 1 aromatic carbocycles. The molecule has 1 saturated heterocycles. The highest BCUT2D eigenvalue weighted by Crippen LogP contribution is 2.23. The van der Waals surface area contributed by atoms with Gasteiger partial charge in [-0.2, -0.15) is 9.78 Å². The highest BCUT2D eigenvalue weighted by atomic mass is 79.9. The quantitative estimate of drug-likeness (QED) is 0.336. The molecular weight excluding hydrogens is 482 g/mol. The molecule has 3 aromatic rings. The van der Waals surface area contributed by atoms with E-state index < -0.39 is 5.91 Å². The van der Waals surface area contributed by atoms with Gasteiger partial charge in [-0.25, -0.2) is 10.1 Å². The number of aromatic hydroxyl groups is 1. The number of piperidine rings is 1. The molecule has 0 bridgehead atoms. The number of anilines is 1. The number of rotatable bonds is 6. The molecule has 3 heterocycles. The molecule has 13 heteroatoms. The smallest absolute Gasteiger partial charge is 0.293 e. The Labute approximate surface area is 191 Å². The summed E-state index contributed by atoms with van der Waals surface area (Å²) in [6.07, 6.45) is 4.65. The molecule has 1 unspecified atom stereocenters. The number of amides is 1. The lowest BCUT2D eigenvalue weighted by Crippen LogP contribution is -2.38. The van der Waals surface area contributed by atoms with Gasteiger partial charge in [0.2, 0.25) is 11.6 Å². The Bertz CT molecular complexity index is 1140. The van der Waals surface area contributed by atoms with E-state index in [4.69, 9.17) is 10.4 Å². The van der Waals surface area contributed by atoms with E-state index in [2.05, 4.69) is 58.9 Å². The summed E-state index contributed by atoms with van der Waals surface area (Å²) in [5, 5.41) is 29.3. The fourth-order valence-electron chi connectivity index (χ4n) is 3.55. The standard InChI is InChI=1S/C19H22BrN9O3/c1-11-4-2-3-7-28(11)10-14-16(23-27-29(14)18-17(21)25-32-26-18)19(31)24-22-9-12-8-13(20)5-6-15(12)30/h5-6,8-9,11,30H,2-4,7,10H2,1H3,(H2,21,25)(H,24,31). The van der Waals surface area contributed by atoms with Crippen molar-refractivity contribution >= 4 is 33.9 Å². The van der Waals surface area contributed by atoms with Crippen LogP contribution in [0.15, 0.2) is 32.4 Å². The fourth-order valence-corrected chi connectivity index (χ4v) is 3.93. The Balaban J connectivity index is 1.60. The number of carbonyl (C=O) groups excluding carboxylic acids is 1. The average molecular weight is 504 g/mol. The minimum atomic E-state index is -0.559. The second kappa shape index (κ2) is 9.44. The highest BCUT2D eigenvalue weighted by molar-refractivity contribution is 9.10. The van der Waals surface area contributed by atoms with Crippen LogP contribution in [0.25, 0.3) is 5.82 Å². The summed E-state index contributed by atoms with van der Waals surface area (Å²) in [5.74, 6) is -0.320. The van der Waals surface area contributed by atoms with Crippen molar-refractivity contribution < 1.29 is 14.5 Å². The van der Waals surface area contributed by atoms with Gasteiger partial charge >= 0.3 is 0 Å². The number of nitrogens with two attached hydrogens (primary N) is 1. The second-order valence-electron chi connectivity index (χ2n) is 7.49. The number of hydrogen-bond donors (Lipinski definition) is 3. The number of phenols is 1. The van der Waals surface area contributed by atoms with E-state index in [1.807, 2.05) is 0 Å². The predicted octanol–water partition coefficient (Wildman–Crippen LogP) is 1.84. The van der Waals surface area contributed by atoms with Crippen molar-refractivity contribution in [2.75, 3.05) is 12.3 Å². The molecular formula is C19H22BrN9O3. The molecule has 4 N–H and O–H groups in total. The SMILES string of the molecule is CC1CCCCN1Cc1c(C(=O)NN=Cc2cc(Br)ccc2O)nnn1-c1nonc1N. The van der Waals surface area contributed by atoms with Crippen LogP contribution in [-0.2, 0) is 6.54 Å². The third-order valence-corrected chi connectivity index (χ3v) is 5.82. The lowest BCUT2D eigenvalue weighted by atomic mass is 10.0. The van der Waals surface area contributed by atoms with Gasteiger partial charge in [-0.1, -0.05) is 27.6 Å². The van der Waals surface area contributed by atoms with Crippen molar-refractivity contribution in [3.05, 3.63) is 39.6 Å². The zero-order valence-electron chi connectivity index (χ0n) is 17.3. The molecule has 2 aromatic heterocycles. The molecule has 32 heavy (non-hydrogen) atoms. The highest BCUT2D eigenvalue weighted by Gasteiger charge is 2.28. The van der Waals surface area contributed by atoms with Crippen molar-refractivity contribution in [2.45, 2.75) is 38.8 Å². The molecule has 1 atom stereocenters. The number of hydrogen-bond acceptors (Lipinski definition) is 10. The number of likely N-dealkylation sites (tertiary alicyclic amines) is 1. The molecule has 168 valence electrons. The van der Waals surface area contributed by atoms with E-state index in [9.17, 15) is 9.90 Å². The third kappa shape index (κ3) is 4.62. The van der Waals surface area contributed by atoms with Crippen molar-refractivity contribution in [3.8, 4) is 11.6 Å². The number of hydrazone groups is 1. The van der Waals surface area contributed by atoms with Crippen molar-refractivity contribution in [3.63, 3.8) is 0 Å². The maximum Gasteiger partial charge on any atom is 0.293 e. The van der Waals surface area contributed by atoms with Gasteiger partial charge in [0.25, 0.3) is 5.91 Å². The first-order valence-electron chi connectivity index (χ1n) is 10.0. The van der Waals surface area contributed by atoms with Gasteiger partial charge in [0.05, 0.1) is 11.9 Å². The zero-order valence-corrected chi connectivity index (χ0v) is 18.9. The second-order valence-corrected chi connectivity index (χ2v) is 8.40. The van der Waals surface area contributed by atoms with Gasteiger partial charge in [-0.05, 0) is 54.8 Å². The van der Waals surface area contributed by atoms with Gasteiger partial charge in [-0.3, -0.25) is 9.69 Å². The summed E-state index contributed by atoms with van der Waals surface area (Å²) in [4.78, 5) is 15.1. The fraction of sp³-hybridized carbons (Fsp3) is 0.368. The lowest BCUT2D eigenvalue weighted by molar-refractivity contribution is 0.0945. The zero-order chi connectivity index (χ0) is 22.7. The van der Waals surface area contributed by atoms with Crippen molar-refractivity contribution in [2.24, 2.45) is 5.10 Å². The molecule has 1 fully saturated rings. The van der Waals surface area contributed by atoms with E-state index in [0.29, 0.717) is 23.8 Å². The molecule has 12 nitrogen and oxygen atoms in total. The Morgan fingerprint density at radius 3 is 3.03 bits per heavy atom. The summed E-state index contributed by atoms with van der Waals surface area (Å²) in [5.41, 5.74) is 9.29. The number of nitrogens with zero attached hydrogens (tertiary/aromatic N) is 7. The minimum Gasteiger partial charge on any atom is -0.507 e. The molecule has 0 aliphatic carbocycles. The largest absolute Gasteiger partial charge is 0.507 e. The summed E-state index contributed by atoms with van der Waals surface area (Å²) >= 11 is 3.33. The van der Waals surface area contributed by atoms with Gasteiger partial charge in [-0.15, -0.1) is 5.10 Å². The summed E-state index contributed by atoms with van der Waals surface area (Å²) in [7, 11) is 0. The normalized spacial score (nSPS) is 17.1. The number of carbonyl (C=O) groups is 1. The van der Waals surface area contributed by atoms with Crippen molar-refractivity contribution in [1.82, 2.24) is 35.6 Å². The molecule has 0 spiro atoms. The first-order valence-corrected chi connectivity index (χ1v) is 10.8. The monoisotopic (exact) mass is 503 g/mol. The molecule has 4 rings (SSSR count). The number of nitrogen functional groups attached to an aromatic ring is 1. The van der Waals surface area contributed by atoms with Crippen LogP contribution in [0.1, 0.15) is 47.9 Å². The van der Waals surface area contributed by atoms with Crippen LogP contribution < -0.4 is 11.2 Å². The number of phenolic OH excluding ortho intramolecular Hbond substituents is 1. The van der Waals surface area contributed by atoms with Crippen LogP contribution in [0.4, 0.5) is 5.82 Å². The minimum absolute atomic E-state index is 0.0333. The van der Waals surface area contributed by atoms with Crippen LogP contribution in [0.5, 0.6) is 5.75 Å². The average Bonchev–Trinajstić information content (AvgIpc) is 3.38. The van der Waals surface area contributed by atoms with E-state index in [1.54, 1.807) is 12.1 Å². The summed E-state index contributed by atoms with van der Waals surface area (Å²) < 4.78 is 6.82. The van der Waals surface area contributed by atoms with E-state index in [1.165, 1.54) is 23.4 Å². The Morgan fingerprint density at radius 1 is 1.44 bits per heavy atom. The van der Waals surface area contributed by atoms with Gasteiger partial charge in [0.1, 0.15) is 5.75 Å². The third-order valence-electron chi connectivity index (χ3n) is 5.33. The Morgan fingerprint density at radius 2 is 2.28 bits per heavy atom. The molecule has 0 saturated carbocycles. The first kappa shape index (κ1) is 21.9. The van der Waals surface area contributed by atoms with Gasteiger partial charge in [0, 0.05) is 22.6 Å². The van der Waals surface area contributed by atoms with Crippen LogP contribution in [0.3, 0.4) is 0 Å². The topological polar surface area (TPSA) is 161 Å². The first-order chi connectivity index (χ1) is 15.4. The van der Waals surface area contributed by atoms with Crippen molar-refractivity contribution in [1.29, 1.82) is 0 Å². The van der Waals surface area contributed by atoms with Crippen LogP contribution in [-0.4, -0.2) is 60.0 Å². The lowest BCUT2D eigenvalue weighted by Gasteiger charge is -2.33. The number of halogens is 1. The maximum atomic E-state index is 12.9. The molecule has 1 aliphatic heterocycles. The summed E-state index contributed by atoms with van der Waals surface area (Å²) in [6, 6.07) is 5.23. The van der Waals surface area contributed by atoms with Gasteiger partial charge < -0.3 is 10.8 Å². The van der Waals surface area contributed by atoms with E-state index in [-0.39, 0.29) is 23.1 Å². The molecule has 1 amide bonds. The molecule has 0 radical (unpaired) electrons. The number of benzene rings is 1. The van der Waals surface area contributed by atoms with Crippen LogP contribution >= 0.6 is 15.9 Å². The van der Waals surface area contributed by atoms with E-state index in [0.717, 1.165) is 23.9 Å². The van der Waals surface area contributed by atoms with Crippen LogP contribution in [0, 0.1) is 0 Å².